The zero-order valence-corrected chi connectivity index (χ0v) is 57.7. The molecule has 2 N–H and O–H groups in total. The molecule has 0 aromatic rings. The van der Waals surface area contributed by atoms with Gasteiger partial charge in [0.15, 0.2) is 0 Å². The van der Waals surface area contributed by atoms with E-state index in [2.05, 4.69) is 86.8 Å². The molecular weight excluding hydrogens is 1070 g/mol. The van der Waals surface area contributed by atoms with Crippen LogP contribution in [-0.4, -0.2) is 74.3 Å². The monoisotopic (exact) mass is 1210 g/mol. The van der Waals surface area contributed by atoms with Gasteiger partial charge in [0, 0.05) is 12.8 Å². The molecule has 0 saturated heterocycles. The maximum atomic E-state index is 13.6. The zero-order valence-electron chi connectivity index (χ0n) is 56.9. The molecule has 0 aliphatic carbocycles. The number of amides is 1. The second-order valence-corrected chi connectivity index (χ2v) is 27.2. The summed E-state index contributed by atoms with van der Waals surface area (Å²) in [5.74, 6) is -0.514. The fourth-order valence-corrected chi connectivity index (χ4v) is 11.4. The third-order valence-electron chi connectivity index (χ3n) is 16.2. The fraction of sp³-hybridized carbons (Fsp3) is 0.813. The lowest BCUT2D eigenvalue weighted by atomic mass is 10.0. The minimum atomic E-state index is -4.46. The van der Waals surface area contributed by atoms with Crippen molar-refractivity contribution in [3.8, 4) is 0 Å². The number of rotatable bonds is 66. The number of ether oxygens (including phenoxy) is 1. The van der Waals surface area contributed by atoms with Gasteiger partial charge in [-0.05, 0) is 76.7 Å². The lowest BCUT2D eigenvalue weighted by Gasteiger charge is -2.27. The summed E-state index contributed by atoms with van der Waals surface area (Å²) >= 11 is 0. The third-order valence-corrected chi connectivity index (χ3v) is 17.1. The molecule has 0 fully saturated rings. The summed E-state index contributed by atoms with van der Waals surface area (Å²) in [7, 11) is 1.49. The maximum absolute atomic E-state index is 13.6. The van der Waals surface area contributed by atoms with Crippen molar-refractivity contribution in [2.24, 2.45) is 0 Å². The molecule has 0 aromatic heterocycles. The largest absolute Gasteiger partial charge is 0.472 e. The Kier molecular flexibility index (Phi) is 62.5. The molecule has 10 heteroatoms. The number of carbonyl (C=O) groups is 2. The first-order valence-electron chi connectivity index (χ1n) is 36.3. The average molecular weight is 1210 g/mol. The van der Waals surface area contributed by atoms with Crippen molar-refractivity contribution in [2.75, 3.05) is 40.9 Å². The summed E-state index contributed by atoms with van der Waals surface area (Å²) in [5.41, 5.74) is 0. The first-order chi connectivity index (χ1) is 41.4. The van der Waals surface area contributed by atoms with Gasteiger partial charge in [-0.3, -0.25) is 18.6 Å². The standard InChI is InChI=1S/C75H139N2O7P/c1-7-10-13-16-19-22-25-28-30-32-34-36-37-38-39-41-42-44-46-49-52-55-58-61-64-67-74(78)76-72(71-83-85(80,81)82-70-69-77(4,5)6)73(66-63-60-57-54-51-48-27-24-21-18-15-12-9-3)84-75(79)68-65-62-59-56-53-50-47-45-43-40-35-33-31-29-26-23-20-17-14-11-8-2/h11,14,20,23,29,31,35,40,45,47,63,66,72-73H,7-10,12-13,15-19,21-22,24-28,30,32-34,36-39,41-44,46,48-62,64-65,67-71H2,1-6H3,(H-,76,78,80,81)/p+1/b14-11-,23-20-,31-29-,40-35-,47-45-,66-63+. The van der Waals surface area contributed by atoms with Crippen molar-refractivity contribution in [1.82, 2.24) is 5.32 Å². The predicted molar refractivity (Wildman–Crippen MR) is 369 cm³/mol. The molecule has 85 heavy (non-hydrogen) atoms. The molecule has 496 valence electrons. The number of hydrogen-bond donors (Lipinski definition) is 2. The number of esters is 1. The Hall–Kier alpha value is -2.55. The molecule has 0 aliphatic rings. The molecule has 0 spiro atoms. The fourth-order valence-electron chi connectivity index (χ4n) is 10.6. The van der Waals surface area contributed by atoms with Crippen LogP contribution in [0.2, 0.25) is 0 Å². The number of phosphoric acid groups is 1. The predicted octanol–water partition coefficient (Wildman–Crippen LogP) is 23.1. The Bertz CT molecular complexity index is 1680. The number of nitrogens with zero attached hydrogens (tertiary/aromatic N) is 1. The van der Waals surface area contributed by atoms with E-state index in [1.54, 1.807) is 0 Å². The Morgan fingerprint density at radius 2 is 0.753 bits per heavy atom. The summed E-state index contributed by atoms with van der Waals surface area (Å²) in [5, 5.41) is 3.07. The van der Waals surface area contributed by atoms with Crippen LogP contribution >= 0.6 is 7.82 Å². The zero-order chi connectivity index (χ0) is 62.1. The maximum Gasteiger partial charge on any atom is 0.472 e. The SMILES string of the molecule is CC/C=C\C/C=C\C/C=C\C/C=C\C/C=C\CCCCCCCC(=O)OC(/C=C/CCCCCCCCCCCCC)C(COP(=O)(O)OCC[N+](C)(C)C)NC(=O)CCCCCCCCCCCCCCCCCCCCCCCCCCC. The van der Waals surface area contributed by atoms with Crippen LogP contribution in [0.25, 0.3) is 0 Å². The van der Waals surface area contributed by atoms with Gasteiger partial charge in [0.05, 0.1) is 33.8 Å². The van der Waals surface area contributed by atoms with Gasteiger partial charge in [-0.25, -0.2) is 4.57 Å². The van der Waals surface area contributed by atoms with Crippen LogP contribution in [0.1, 0.15) is 342 Å². The van der Waals surface area contributed by atoms with Gasteiger partial charge < -0.3 is 19.4 Å². The van der Waals surface area contributed by atoms with Gasteiger partial charge in [-0.1, -0.05) is 325 Å². The van der Waals surface area contributed by atoms with Crippen molar-refractivity contribution in [3.05, 3.63) is 72.9 Å². The number of hydrogen-bond acceptors (Lipinski definition) is 6. The average Bonchev–Trinajstić information content (AvgIpc) is 3.48. The topological polar surface area (TPSA) is 111 Å². The lowest BCUT2D eigenvalue weighted by molar-refractivity contribution is -0.870. The molecule has 0 heterocycles. The molecule has 0 radical (unpaired) electrons. The number of quaternary nitrogens is 1. The number of likely N-dealkylation sites (N-methyl/N-ethyl adjacent to an activating group) is 1. The third kappa shape index (κ3) is 65.7. The Morgan fingerprint density at radius 1 is 0.424 bits per heavy atom. The number of unbranched alkanes of at least 4 members (excludes halogenated alkanes) is 40. The number of phosphoric ester groups is 1. The van der Waals surface area contributed by atoms with Gasteiger partial charge in [-0.2, -0.15) is 0 Å². The van der Waals surface area contributed by atoms with E-state index < -0.39 is 20.0 Å². The molecule has 3 unspecified atom stereocenters. The van der Waals surface area contributed by atoms with Crippen molar-refractivity contribution < 1.29 is 37.3 Å². The van der Waals surface area contributed by atoms with Crippen LogP contribution in [0.5, 0.6) is 0 Å². The van der Waals surface area contributed by atoms with Crippen LogP contribution in [-0.2, 0) is 27.9 Å². The summed E-state index contributed by atoms with van der Waals surface area (Å²) in [6.45, 7) is 6.93. The van der Waals surface area contributed by atoms with E-state index in [-0.39, 0.29) is 31.5 Å². The van der Waals surface area contributed by atoms with Crippen molar-refractivity contribution in [3.63, 3.8) is 0 Å². The summed E-state index contributed by atoms with van der Waals surface area (Å²) in [6, 6.07) is -0.859. The molecule has 0 aromatic carbocycles. The lowest BCUT2D eigenvalue weighted by Crippen LogP contribution is -2.47. The number of allylic oxidation sites excluding steroid dienone is 11. The van der Waals surface area contributed by atoms with E-state index in [1.807, 2.05) is 33.3 Å². The Morgan fingerprint density at radius 3 is 1.13 bits per heavy atom. The minimum absolute atomic E-state index is 0.0363. The first-order valence-corrected chi connectivity index (χ1v) is 37.8. The highest BCUT2D eigenvalue weighted by Gasteiger charge is 2.30. The molecule has 0 bridgehead atoms. The smallest absolute Gasteiger partial charge is 0.456 e. The molecule has 1 amide bonds. The van der Waals surface area contributed by atoms with E-state index in [0.29, 0.717) is 17.4 Å². The highest BCUT2D eigenvalue weighted by Crippen LogP contribution is 2.43. The normalized spacial score (nSPS) is 13.9. The van der Waals surface area contributed by atoms with Crippen LogP contribution < -0.4 is 5.32 Å². The highest BCUT2D eigenvalue weighted by atomic mass is 31.2. The summed E-state index contributed by atoms with van der Waals surface area (Å²) < 4.78 is 30.8. The summed E-state index contributed by atoms with van der Waals surface area (Å²) in [4.78, 5) is 37.9. The van der Waals surface area contributed by atoms with Gasteiger partial charge in [0.1, 0.15) is 19.3 Å². The minimum Gasteiger partial charge on any atom is -0.456 e. The Labute approximate surface area is 527 Å². The molecule has 3 atom stereocenters. The van der Waals surface area contributed by atoms with Gasteiger partial charge >= 0.3 is 13.8 Å². The van der Waals surface area contributed by atoms with E-state index in [1.165, 1.54) is 199 Å². The van der Waals surface area contributed by atoms with Gasteiger partial charge in [0.25, 0.3) is 0 Å². The number of nitrogens with one attached hydrogen (secondary N) is 1. The van der Waals surface area contributed by atoms with E-state index >= 15 is 0 Å². The Balaban J connectivity index is 5.09. The van der Waals surface area contributed by atoms with E-state index in [0.717, 1.165) is 109 Å². The summed E-state index contributed by atoms with van der Waals surface area (Å²) in [6.07, 6.45) is 84.9. The van der Waals surface area contributed by atoms with E-state index in [9.17, 15) is 19.0 Å². The first kappa shape index (κ1) is 82.5. The molecule has 0 rings (SSSR count). The van der Waals surface area contributed by atoms with Crippen molar-refractivity contribution in [2.45, 2.75) is 354 Å². The highest BCUT2D eigenvalue weighted by molar-refractivity contribution is 7.47. The van der Waals surface area contributed by atoms with Crippen LogP contribution in [0.3, 0.4) is 0 Å². The van der Waals surface area contributed by atoms with Crippen LogP contribution in [0.4, 0.5) is 0 Å². The molecule has 0 saturated carbocycles. The van der Waals surface area contributed by atoms with Crippen molar-refractivity contribution >= 4 is 19.7 Å². The molecule has 9 nitrogen and oxygen atoms in total. The second kappa shape index (κ2) is 64.4. The molecular formula is C75H140N2O7P+. The van der Waals surface area contributed by atoms with E-state index in [4.69, 9.17) is 13.8 Å². The van der Waals surface area contributed by atoms with Crippen LogP contribution in [0.15, 0.2) is 72.9 Å². The quantitative estimate of drug-likeness (QED) is 0.0205. The van der Waals surface area contributed by atoms with Gasteiger partial charge in [0.2, 0.25) is 5.91 Å². The second-order valence-electron chi connectivity index (χ2n) is 25.7. The number of carbonyl (C=O) groups excluding carboxylic acids is 2. The van der Waals surface area contributed by atoms with Crippen LogP contribution in [0, 0.1) is 0 Å². The van der Waals surface area contributed by atoms with Crippen molar-refractivity contribution in [1.29, 1.82) is 0 Å². The van der Waals surface area contributed by atoms with Gasteiger partial charge in [-0.15, -0.1) is 0 Å². The molecule has 0 aliphatic heterocycles.